The second-order valence-corrected chi connectivity index (χ2v) is 9.02. The zero-order valence-electron chi connectivity index (χ0n) is 18.6. The van der Waals surface area contributed by atoms with Crippen LogP contribution in [-0.4, -0.2) is 32.0 Å². The Hall–Kier alpha value is -3.35. The number of carbonyl (C=O) groups is 2. The lowest BCUT2D eigenvalue weighted by molar-refractivity contribution is -0.126. The summed E-state index contributed by atoms with van der Waals surface area (Å²) in [6.45, 7) is 1.99. The van der Waals surface area contributed by atoms with Crippen molar-refractivity contribution < 1.29 is 14.4 Å². The fourth-order valence-electron chi connectivity index (χ4n) is 4.61. The van der Waals surface area contributed by atoms with E-state index in [1.807, 2.05) is 74.4 Å². The third-order valence-electron chi connectivity index (χ3n) is 6.29. The Morgan fingerprint density at radius 1 is 0.909 bits per heavy atom. The highest BCUT2D eigenvalue weighted by Crippen LogP contribution is 2.48. The Morgan fingerprint density at radius 3 is 2.30 bits per heavy atom. The van der Waals surface area contributed by atoms with Gasteiger partial charge in [-0.15, -0.1) is 0 Å². The average molecular weight is 462 g/mol. The first-order valence-electron chi connectivity index (χ1n) is 10.8. The monoisotopic (exact) mass is 461 g/mol. The molecule has 7 heteroatoms. The van der Waals surface area contributed by atoms with E-state index in [2.05, 4.69) is 0 Å². The maximum absolute atomic E-state index is 13.7. The Morgan fingerprint density at radius 2 is 1.64 bits per heavy atom. The molecule has 0 saturated carbocycles. The van der Waals surface area contributed by atoms with Crippen LogP contribution in [0.4, 0.5) is 17.1 Å². The number of para-hydroxylation sites is 1. The molecule has 0 unspecified atom stereocenters. The van der Waals surface area contributed by atoms with Crippen LogP contribution in [0.5, 0.6) is 0 Å². The summed E-state index contributed by atoms with van der Waals surface area (Å²) in [5.74, 6) is -1.34. The highest BCUT2D eigenvalue weighted by Gasteiger charge is 2.60. The van der Waals surface area contributed by atoms with Gasteiger partial charge in [-0.2, -0.15) is 0 Å². The van der Waals surface area contributed by atoms with Crippen LogP contribution in [0, 0.1) is 12.8 Å². The molecule has 168 valence electrons. The van der Waals surface area contributed by atoms with Crippen molar-refractivity contribution in [1.29, 1.82) is 0 Å². The molecule has 2 heterocycles. The van der Waals surface area contributed by atoms with Crippen molar-refractivity contribution in [3.63, 3.8) is 0 Å². The molecule has 2 saturated heterocycles. The van der Waals surface area contributed by atoms with Crippen LogP contribution in [0.15, 0.2) is 72.8 Å². The molecule has 3 atom stereocenters. The summed E-state index contributed by atoms with van der Waals surface area (Å²) >= 11 is 6.13. The smallest absolute Gasteiger partial charge is 0.266 e. The van der Waals surface area contributed by atoms with Crippen molar-refractivity contribution in [3.8, 4) is 0 Å². The number of hydrogen-bond acceptors (Lipinski definition) is 5. The molecule has 0 N–H and O–H groups in total. The third-order valence-corrected chi connectivity index (χ3v) is 6.52. The van der Waals surface area contributed by atoms with Gasteiger partial charge in [0.2, 0.25) is 5.91 Å². The van der Waals surface area contributed by atoms with Gasteiger partial charge >= 0.3 is 0 Å². The first-order valence-corrected chi connectivity index (χ1v) is 11.2. The van der Waals surface area contributed by atoms with E-state index < -0.39 is 18.1 Å². The molecule has 33 heavy (non-hydrogen) atoms. The molecule has 3 aromatic rings. The standard InChI is InChI=1S/C26H24ClN3O3/c1-16-7-4-5-10-21(16)30-23(17-11-13-19(14-12-17)28(2)3)22-24(33-30)26(32)29(25(22)31)20-9-6-8-18(27)15-20/h4-15,22-24H,1-3H3/t22-,23+,24+/m1/s1. The number of anilines is 3. The molecule has 0 aliphatic carbocycles. The molecular weight excluding hydrogens is 438 g/mol. The molecule has 0 bridgehead atoms. The lowest BCUT2D eigenvalue weighted by Gasteiger charge is -2.30. The van der Waals surface area contributed by atoms with Gasteiger partial charge in [-0.05, 0) is 54.4 Å². The molecule has 0 aromatic heterocycles. The summed E-state index contributed by atoms with van der Waals surface area (Å²) in [5, 5.41) is 2.20. The number of hydrogen-bond donors (Lipinski definition) is 0. The number of aryl methyl sites for hydroxylation is 1. The highest BCUT2D eigenvalue weighted by molar-refractivity contribution is 6.31. The molecule has 2 aliphatic heterocycles. The first-order chi connectivity index (χ1) is 15.9. The largest absolute Gasteiger partial charge is 0.378 e. The van der Waals surface area contributed by atoms with Crippen LogP contribution >= 0.6 is 11.6 Å². The predicted molar refractivity (Wildman–Crippen MR) is 129 cm³/mol. The van der Waals surface area contributed by atoms with E-state index in [4.69, 9.17) is 16.4 Å². The second kappa shape index (κ2) is 8.21. The van der Waals surface area contributed by atoms with Gasteiger partial charge in [-0.25, -0.2) is 9.96 Å². The Balaban J connectivity index is 1.59. The predicted octanol–water partition coefficient (Wildman–Crippen LogP) is 4.77. The number of nitrogens with zero attached hydrogens (tertiary/aromatic N) is 3. The van der Waals surface area contributed by atoms with Crippen LogP contribution < -0.4 is 14.9 Å². The Bertz CT molecular complexity index is 1230. The van der Waals surface area contributed by atoms with E-state index in [-0.39, 0.29) is 11.8 Å². The fourth-order valence-corrected chi connectivity index (χ4v) is 4.80. The van der Waals surface area contributed by atoms with Gasteiger partial charge in [0.05, 0.1) is 17.4 Å². The van der Waals surface area contributed by atoms with Gasteiger partial charge < -0.3 is 4.90 Å². The van der Waals surface area contributed by atoms with Crippen LogP contribution in [0.2, 0.25) is 5.02 Å². The lowest BCUT2D eigenvalue weighted by atomic mass is 9.90. The molecule has 0 radical (unpaired) electrons. The maximum atomic E-state index is 13.7. The van der Waals surface area contributed by atoms with E-state index in [1.54, 1.807) is 29.3 Å². The number of hydroxylamine groups is 1. The molecule has 0 spiro atoms. The molecule has 2 amide bonds. The van der Waals surface area contributed by atoms with E-state index in [9.17, 15) is 9.59 Å². The van der Waals surface area contributed by atoms with Crippen LogP contribution in [0.3, 0.4) is 0 Å². The molecule has 5 rings (SSSR count). The number of amides is 2. The van der Waals surface area contributed by atoms with E-state index >= 15 is 0 Å². The van der Waals surface area contributed by atoms with Crippen LogP contribution in [0.25, 0.3) is 0 Å². The number of rotatable bonds is 4. The quantitative estimate of drug-likeness (QED) is 0.524. The lowest BCUT2D eigenvalue weighted by Crippen LogP contribution is -2.37. The summed E-state index contributed by atoms with van der Waals surface area (Å²) in [6, 6.07) is 22.1. The summed E-state index contributed by atoms with van der Waals surface area (Å²) < 4.78 is 0. The van der Waals surface area contributed by atoms with Gasteiger partial charge in [0.25, 0.3) is 5.91 Å². The maximum Gasteiger partial charge on any atom is 0.266 e. The zero-order valence-corrected chi connectivity index (χ0v) is 19.4. The summed E-state index contributed by atoms with van der Waals surface area (Å²) in [6.07, 6.45) is -0.908. The summed E-state index contributed by atoms with van der Waals surface area (Å²) in [5.41, 5.74) is 4.25. The van der Waals surface area contributed by atoms with Gasteiger partial charge in [-0.3, -0.25) is 14.4 Å². The van der Waals surface area contributed by atoms with Crippen molar-refractivity contribution >= 4 is 40.5 Å². The minimum atomic E-state index is -0.908. The van der Waals surface area contributed by atoms with Crippen molar-refractivity contribution in [1.82, 2.24) is 0 Å². The second-order valence-electron chi connectivity index (χ2n) is 8.59. The van der Waals surface area contributed by atoms with Crippen LogP contribution in [0.1, 0.15) is 17.2 Å². The number of halogens is 1. The fraction of sp³-hybridized carbons (Fsp3) is 0.231. The number of carbonyl (C=O) groups excluding carboxylic acids is 2. The van der Waals surface area contributed by atoms with Crippen molar-refractivity contribution in [3.05, 3.63) is 88.9 Å². The summed E-state index contributed by atoms with van der Waals surface area (Å²) in [7, 11) is 3.96. The third kappa shape index (κ3) is 3.56. The van der Waals surface area contributed by atoms with Crippen molar-refractivity contribution in [2.45, 2.75) is 19.1 Å². The normalized spacial score (nSPS) is 22.1. The van der Waals surface area contributed by atoms with Gasteiger partial charge in [0.1, 0.15) is 5.92 Å². The Labute approximate surface area is 197 Å². The average Bonchev–Trinajstić information content (AvgIpc) is 3.30. The SMILES string of the molecule is Cc1ccccc1N1O[C@@H]2C(=O)N(c3cccc(Cl)c3)C(=O)[C@@H]2[C@@H]1c1ccc(N(C)C)cc1. The number of imide groups is 1. The minimum absolute atomic E-state index is 0.287. The first kappa shape index (κ1) is 21.5. The van der Waals surface area contributed by atoms with Crippen molar-refractivity contribution in [2.24, 2.45) is 5.92 Å². The molecule has 6 nitrogen and oxygen atoms in total. The van der Waals surface area contributed by atoms with Crippen LogP contribution in [-0.2, 0) is 14.4 Å². The number of benzene rings is 3. The molecular formula is C26H24ClN3O3. The van der Waals surface area contributed by atoms with Gasteiger partial charge in [0, 0.05) is 24.8 Å². The van der Waals surface area contributed by atoms with E-state index in [0.29, 0.717) is 10.7 Å². The van der Waals surface area contributed by atoms with Gasteiger partial charge in [-0.1, -0.05) is 48.0 Å². The Kier molecular flexibility index (Phi) is 5.35. The molecule has 2 aliphatic rings. The number of fused-ring (bicyclic) bond motifs is 1. The van der Waals surface area contributed by atoms with E-state index in [1.165, 1.54) is 4.90 Å². The zero-order chi connectivity index (χ0) is 23.3. The topological polar surface area (TPSA) is 53.1 Å². The molecule has 2 fully saturated rings. The summed E-state index contributed by atoms with van der Waals surface area (Å²) in [4.78, 5) is 36.5. The molecule has 3 aromatic carbocycles. The van der Waals surface area contributed by atoms with Crippen molar-refractivity contribution in [2.75, 3.05) is 29.0 Å². The minimum Gasteiger partial charge on any atom is -0.378 e. The highest BCUT2D eigenvalue weighted by atomic mass is 35.5. The van der Waals surface area contributed by atoms with Gasteiger partial charge in [0.15, 0.2) is 6.10 Å². The van der Waals surface area contributed by atoms with E-state index in [0.717, 1.165) is 22.5 Å².